The first-order valence-corrected chi connectivity index (χ1v) is 4.84. The number of hydrogen-bond acceptors (Lipinski definition) is 1. The minimum atomic E-state index is -4.65. The van der Waals surface area contributed by atoms with E-state index in [0.29, 0.717) is 5.56 Å². The second-order valence-electron chi connectivity index (χ2n) is 3.60. The molecule has 0 aliphatic heterocycles. The van der Waals surface area contributed by atoms with E-state index >= 15 is 0 Å². The highest BCUT2D eigenvalue weighted by molar-refractivity contribution is 5.83. The van der Waals surface area contributed by atoms with Crippen molar-refractivity contribution in [1.29, 1.82) is 0 Å². The van der Waals surface area contributed by atoms with Gasteiger partial charge in [0.25, 0.3) is 5.91 Å². The third-order valence-electron chi connectivity index (χ3n) is 2.11. The van der Waals surface area contributed by atoms with Crippen LogP contribution in [0, 0.1) is 6.92 Å². The summed E-state index contributed by atoms with van der Waals surface area (Å²) in [5, 5.41) is 1.78. The molecule has 1 aromatic carbocycles. The zero-order chi connectivity index (χ0) is 13.1. The Bertz CT molecular complexity index is 406. The van der Waals surface area contributed by atoms with E-state index < -0.39 is 18.3 Å². The number of halogens is 4. The van der Waals surface area contributed by atoms with E-state index in [1.54, 1.807) is 36.5 Å². The number of hydrogen-bond donors (Lipinski definition) is 1. The zero-order valence-corrected chi connectivity index (χ0v) is 9.01. The molecule has 2 nitrogen and oxygen atoms in total. The second-order valence-corrected chi connectivity index (χ2v) is 3.60. The van der Waals surface area contributed by atoms with Gasteiger partial charge in [-0.2, -0.15) is 8.78 Å². The molecule has 94 valence electrons. The summed E-state index contributed by atoms with van der Waals surface area (Å²) in [5.74, 6) is -6.61. The lowest BCUT2D eigenvalue weighted by Crippen LogP contribution is -2.44. The summed E-state index contributed by atoms with van der Waals surface area (Å²) >= 11 is 0. The van der Waals surface area contributed by atoms with Crippen LogP contribution >= 0.6 is 0 Å². The molecular weight excluding hydrogens is 238 g/mol. The van der Waals surface area contributed by atoms with Crippen LogP contribution in [0.15, 0.2) is 24.3 Å². The van der Waals surface area contributed by atoms with Crippen LogP contribution in [-0.4, -0.2) is 18.3 Å². The van der Waals surface area contributed by atoms with E-state index in [1.807, 2.05) is 0 Å². The number of benzene rings is 1. The lowest BCUT2D eigenvalue weighted by molar-refractivity contribution is -0.169. The van der Waals surface area contributed by atoms with Crippen molar-refractivity contribution in [3.63, 3.8) is 0 Å². The SMILES string of the molecule is Cc1cccc(CNC(=O)C(F)(F)C(F)F)c1. The number of rotatable bonds is 4. The van der Waals surface area contributed by atoms with Crippen LogP contribution in [0.2, 0.25) is 0 Å². The molecule has 0 bridgehead atoms. The summed E-state index contributed by atoms with van der Waals surface area (Å²) in [6.45, 7) is 1.59. The molecule has 0 fully saturated rings. The van der Waals surface area contributed by atoms with Crippen LogP contribution in [0.4, 0.5) is 17.6 Å². The van der Waals surface area contributed by atoms with Gasteiger partial charge in [0.05, 0.1) is 0 Å². The van der Waals surface area contributed by atoms with Crippen molar-refractivity contribution in [2.75, 3.05) is 0 Å². The van der Waals surface area contributed by atoms with E-state index in [4.69, 9.17) is 0 Å². The maximum atomic E-state index is 12.6. The summed E-state index contributed by atoms with van der Waals surface area (Å²) in [4.78, 5) is 10.8. The molecule has 0 spiro atoms. The molecule has 0 radical (unpaired) electrons. The lowest BCUT2D eigenvalue weighted by atomic mass is 10.1. The molecule has 0 atom stereocenters. The van der Waals surface area contributed by atoms with Crippen LogP contribution in [-0.2, 0) is 11.3 Å². The maximum Gasteiger partial charge on any atom is 0.383 e. The highest BCUT2D eigenvalue weighted by Gasteiger charge is 2.48. The van der Waals surface area contributed by atoms with Crippen molar-refractivity contribution in [2.24, 2.45) is 0 Å². The third-order valence-corrected chi connectivity index (χ3v) is 2.11. The lowest BCUT2D eigenvalue weighted by Gasteiger charge is -2.14. The molecule has 0 aliphatic rings. The van der Waals surface area contributed by atoms with Gasteiger partial charge in [-0.05, 0) is 12.5 Å². The van der Waals surface area contributed by atoms with Gasteiger partial charge >= 0.3 is 12.3 Å². The Morgan fingerprint density at radius 3 is 2.59 bits per heavy atom. The van der Waals surface area contributed by atoms with Gasteiger partial charge in [0.2, 0.25) is 0 Å². The van der Waals surface area contributed by atoms with Gasteiger partial charge in [0.15, 0.2) is 0 Å². The van der Waals surface area contributed by atoms with Crippen LogP contribution in [0.1, 0.15) is 11.1 Å². The zero-order valence-electron chi connectivity index (χ0n) is 9.01. The Kier molecular flexibility index (Phi) is 4.09. The van der Waals surface area contributed by atoms with Crippen LogP contribution < -0.4 is 5.32 Å². The first-order chi connectivity index (χ1) is 7.84. The van der Waals surface area contributed by atoms with Crippen molar-refractivity contribution in [1.82, 2.24) is 5.32 Å². The standard InChI is InChI=1S/C11H11F4NO/c1-7-3-2-4-8(5-7)6-16-10(17)11(14,15)9(12)13/h2-5,9H,6H2,1H3,(H,16,17). The van der Waals surface area contributed by atoms with Gasteiger partial charge in [-0.3, -0.25) is 4.79 Å². The van der Waals surface area contributed by atoms with E-state index in [2.05, 4.69) is 0 Å². The van der Waals surface area contributed by atoms with Crippen molar-refractivity contribution in [3.8, 4) is 0 Å². The minimum Gasteiger partial charge on any atom is -0.347 e. The van der Waals surface area contributed by atoms with E-state index in [0.717, 1.165) is 5.56 Å². The predicted octanol–water partition coefficient (Wildman–Crippen LogP) is 2.51. The molecule has 0 saturated heterocycles. The molecule has 6 heteroatoms. The summed E-state index contributed by atoms with van der Waals surface area (Å²) < 4.78 is 48.8. The third kappa shape index (κ3) is 3.44. The van der Waals surface area contributed by atoms with Gasteiger partial charge in [-0.25, -0.2) is 8.78 Å². The highest BCUT2D eigenvalue weighted by atomic mass is 19.3. The van der Waals surface area contributed by atoms with E-state index in [-0.39, 0.29) is 6.54 Å². The Labute approximate surface area is 95.6 Å². The fraction of sp³-hybridized carbons (Fsp3) is 0.364. The molecule has 0 saturated carbocycles. The first kappa shape index (κ1) is 13.5. The number of amides is 1. The topological polar surface area (TPSA) is 29.1 Å². The van der Waals surface area contributed by atoms with Gasteiger partial charge in [0, 0.05) is 6.54 Å². The molecule has 0 heterocycles. The maximum absolute atomic E-state index is 12.6. The summed E-state index contributed by atoms with van der Waals surface area (Å²) in [6, 6.07) is 6.75. The second kappa shape index (κ2) is 5.16. The number of nitrogens with one attached hydrogen (secondary N) is 1. The van der Waals surface area contributed by atoms with Crippen LogP contribution in [0.3, 0.4) is 0 Å². The quantitative estimate of drug-likeness (QED) is 0.816. The average Bonchev–Trinajstić information content (AvgIpc) is 2.25. The highest BCUT2D eigenvalue weighted by Crippen LogP contribution is 2.22. The first-order valence-electron chi connectivity index (χ1n) is 4.84. The van der Waals surface area contributed by atoms with Gasteiger partial charge in [-0.15, -0.1) is 0 Å². The average molecular weight is 249 g/mol. The minimum absolute atomic E-state index is 0.206. The fourth-order valence-electron chi connectivity index (χ4n) is 1.22. The molecule has 17 heavy (non-hydrogen) atoms. The monoisotopic (exact) mass is 249 g/mol. The Balaban J connectivity index is 2.60. The summed E-state index contributed by atoms with van der Waals surface area (Å²) in [6.07, 6.45) is -4.00. The molecule has 0 aliphatic carbocycles. The Morgan fingerprint density at radius 1 is 1.41 bits per heavy atom. The summed E-state index contributed by atoms with van der Waals surface area (Å²) in [5.41, 5.74) is 1.46. The Morgan fingerprint density at radius 2 is 2.06 bits per heavy atom. The van der Waals surface area contributed by atoms with Gasteiger partial charge < -0.3 is 5.32 Å². The van der Waals surface area contributed by atoms with Crippen LogP contribution in [0.5, 0.6) is 0 Å². The number of carbonyl (C=O) groups excluding carboxylic acids is 1. The molecule has 1 rings (SSSR count). The smallest absolute Gasteiger partial charge is 0.347 e. The van der Waals surface area contributed by atoms with Gasteiger partial charge in [0.1, 0.15) is 0 Å². The molecule has 1 aromatic rings. The normalized spacial score (nSPS) is 11.6. The van der Waals surface area contributed by atoms with Crippen molar-refractivity contribution >= 4 is 5.91 Å². The van der Waals surface area contributed by atoms with Crippen molar-refractivity contribution in [3.05, 3.63) is 35.4 Å². The largest absolute Gasteiger partial charge is 0.383 e. The number of aryl methyl sites for hydroxylation is 1. The summed E-state index contributed by atoms with van der Waals surface area (Å²) in [7, 11) is 0. The number of alkyl halides is 4. The van der Waals surface area contributed by atoms with Crippen molar-refractivity contribution in [2.45, 2.75) is 25.8 Å². The molecular formula is C11H11F4NO. The molecule has 0 unspecified atom stereocenters. The fourth-order valence-corrected chi connectivity index (χ4v) is 1.22. The molecule has 1 N–H and O–H groups in total. The van der Waals surface area contributed by atoms with Crippen LogP contribution in [0.25, 0.3) is 0 Å². The number of carbonyl (C=O) groups is 1. The Hall–Kier alpha value is -1.59. The van der Waals surface area contributed by atoms with Crippen molar-refractivity contribution < 1.29 is 22.4 Å². The predicted molar refractivity (Wildman–Crippen MR) is 54.0 cm³/mol. The molecule has 1 amide bonds. The van der Waals surface area contributed by atoms with E-state index in [9.17, 15) is 22.4 Å². The van der Waals surface area contributed by atoms with Gasteiger partial charge in [-0.1, -0.05) is 29.8 Å². The molecule has 0 aromatic heterocycles. The van der Waals surface area contributed by atoms with E-state index in [1.165, 1.54) is 0 Å².